The molecule has 70 valence electrons. The lowest BCUT2D eigenvalue weighted by atomic mass is 9.72. The molecule has 0 spiro atoms. The van der Waals surface area contributed by atoms with E-state index in [4.69, 9.17) is 13.6 Å². The first kappa shape index (κ1) is 6.89. The highest BCUT2D eigenvalue weighted by molar-refractivity contribution is 5.67. The maximum atomic E-state index is 10.7. The predicted octanol–water partition coefficient (Wildman–Crippen LogP) is 1.37. The van der Waals surface area contributed by atoms with E-state index in [0.29, 0.717) is 12.8 Å². The van der Waals surface area contributed by atoms with Crippen molar-refractivity contribution in [1.29, 1.82) is 0 Å². The number of carboxylic acids is 1. The zero-order chi connectivity index (χ0) is 10.8. The van der Waals surface area contributed by atoms with E-state index in [1.54, 1.807) is 0 Å². The number of hydrogen-bond donors (Lipinski definition) is 2. The Morgan fingerprint density at radius 1 is 1.50 bits per heavy atom. The maximum absolute atomic E-state index is 10.7. The molecular weight excluding hydrogens is 154 g/mol. The van der Waals surface area contributed by atoms with Gasteiger partial charge < -0.3 is 10.8 Å². The van der Waals surface area contributed by atoms with Crippen LogP contribution < -0.4 is 5.73 Å². The second-order valence-electron chi connectivity index (χ2n) is 3.56. The third-order valence-corrected chi connectivity index (χ3v) is 2.61. The van der Waals surface area contributed by atoms with Crippen LogP contribution in [0.4, 0.5) is 0 Å². The Morgan fingerprint density at radius 2 is 2.08 bits per heavy atom. The highest BCUT2D eigenvalue weighted by Gasteiger charge is 2.32. The van der Waals surface area contributed by atoms with E-state index in [1.165, 1.54) is 0 Å². The molecule has 3 N–H and O–H groups in total. The minimum Gasteiger partial charge on any atom is -0.481 e. The third kappa shape index (κ3) is 2.21. The lowest BCUT2D eigenvalue weighted by Crippen LogP contribution is -2.34. The molecule has 0 aromatic heterocycles. The molecule has 0 aromatic rings. The quantitative estimate of drug-likeness (QED) is 0.677. The molecule has 0 heterocycles. The first-order chi connectivity index (χ1) is 6.37. The predicted molar refractivity (Wildman–Crippen MR) is 46.8 cm³/mol. The van der Waals surface area contributed by atoms with Crippen LogP contribution in [0.3, 0.4) is 0 Å². The Morgan fingerprint density at radius 3 is 2.50 bits per heavy atom. The minimum absolute atomic E-state index is 0.156. The van der Waals surface area contributed by atoms with Gasteiger partial charge in [0, 0.05) is 2.74 Å². The Hall–Kier alpha value is -0.570. The minimum atomic E-state index is -1.88. The van der Waals surface area contributed by atoms with Gasteiger partial charge in [-0.1, -0.05) is 19.3 Å². The van der Waals surface area contributed by atoms with E-state index in [1.807, 2.05) is 0 Å². The van der Waals surface area contributed by atoms with Gasteiger partial charge in [-0.25, -0.2) is 0 Å². The molecule has 0 atom stereocenters. The Kier molecular flexibility index (Phi) is 2.24. The molecule has 3 nitrogen and oxygen atoms in total. The summed E-state index contributed by atoms with van der Waals surface area (Å²) in [5.41, 5.74) is 4.61. The van der Waals surface area contributed by atoms with Crippen LogP contribution in [0, 0.1) is 5.41 Å². The summed E-state index contributed by atoms with van der Waals surface area (Å²) in [6.45, 7) is -1.88. The summed E-state index contributed by atoms with van der Waals surface area (Å²) < 4.78 is 15.1. The second kappa shape index (κ2) is 3.90. The zero-order valence-electron chi connectivity index (χ0n) is 9.18. The van der Waals surface area contributed by atoms with Crippen molar-refractivity contribution in [2.45, 2.75) is 38.5 Å². The smallest absolute Gasteiger partial charge is 0.303 e. The Balaban J connectivity index is 2.83. The summed E-state index contributed by atoms with van der Waals surface area (Å²) in [5, 5.41) is 8.77. The van der Waals surface area contributed by atoms with Gasteiger partial charge in [-0.05, 0) is 24.8 Å². The van der Waals surface area contributed by atoms with Crippen LogP contribution in [0.25, 0.3) is 0 Å². The summed E-state index contributed by atoms with van der Waals surface area (Å²) in [4.78, 5) is 10.7. The monoisotopic (exact) mass is 173 g/mol. The summed E-state index contributed by atoms with van der Waals surface area (Å²) in [7, 11) is 0. The first-order valence-electron chi connectivity index (χ1n) is 5.38. The van der Waals surface area contributed by atoms with E-state index < -0.39 is 17.9 Å². The lowest BCUT2D eigenvalue weighted by molar-refractivity contribution is -0.140. The molecular formula is C9H17NO2. The van der Waals surface area contributed by atoms with E-state index >= 15 is 0 Å². The molecule has 0 bridgehead atoms. The van der Waals surface area contributed by atoms with Crippen molar-refractivity contribution in [3.63, 3.8) is 0 Å². The fourth-order valence-electron chi connectivity index (χ4n) is 1.89. The van der Waals surface area contributed by atoms with E-state index in [-0.39, 0.29) is 6.42 Å². The van der Waals surface area contributed by atoms with E-state index in [2.05, 4.69) is 0 Å². The summed E-state index contributed by atoms with van der Waals surface area (Å²) in [5.74, 6) is -0.957. The summed E-state index contributed by atoms with van der Waals surface area (Å²) in [6, 6.07) is 0. The van der Waals surface area contributed by atoms with Gasteiger partial charge >= 0.3 is 5.97 Å². The van der Waals surface area contributed by atoms with Crippen LogP contribution in [0.1, 0.15) is 41.3 Å². The van der Waals surface area contributed by atoms with Crippen LogP contribution in [0.15, 0.2) is 0 Å². The Bertz CT molecular complexity index is 219. The molecule has 1 saturated carbocycles. The highest BCUT2D eigenvalue weighted by atomic mass is 16.4. The van der Waals surface area contributed by atoms with Gasteiger partial charge in [-0.2, -0.15) is 0 Å². The molecule has 0 aliphatic heterocycles. The van der Waals surface area contributed by atoms with Gasteiger partial charge in [0.25, 0.3) is 0 Å². The van der Waals surface area contributed by atoms with Crippen molar-refractivity contribution in [2.75, 3.05) is 6.50 Å². The van der Waals surface area contributed by atoms with Crippen LogP contribution in [-0.4, -0.2) is 17.6 Å². The molecule has 1 aliphatic rings. The number of hydrogen-bond acceptors (Lipinski definition) is 2. The summed E-state index contributed by atoms with van der Waals surface area (Å²) in [6.07, 6.45) is 3.83. The number of carboxylic acid groups (broad SMARTS) is 1. The van der Waals surface area contributed by atoms with Crippen molar-refractivity contribution < 1.29 is 12.6 Å². The van der Waals surface area contributed by atoms with Crippen molar-refractivity contribution in [2.24, 2.45) is 11.1 Å². The maximum Gasteiger partial charge on any atom is 0.303 e. The van der Waals surface area contributed by atoms with E-state index in [0.717, 1.165) is 19.3 Å². The zero-order valence-corrected chi connectivity index (χ0v) is 7.18. The molecule has 3 heteroatoms. The van der Waals surface area contributed by atoms with Crippen LogP contribution in [0.2, 0.25) is 0 Å². The standard InChI is InChI=1S/C9H17NO2/c10-7-9(6-8(11)12)4-2-1-3-5-9/h1-7,10H2,(H,11,12)/i7D2. The average Bonchev–Trinajstić information content (AvgIpc) is 2.02. The highest BCUT2D eigenvalue weighted by Crippen LogP contribution is 2.38. The topological polar surface area (TPSA) is 63.3 Å². The molecule has 1 rings (SSSR count). The molecule has 0 aromatic carbocycles. The van der Waals surface area contributed by atoms with Gasteiger partial charge in [-0.3, -0.25) is 4.79 Å². The number of rotatable bonds is 3. The Labute approximate surface area is 75.8 Å². The van der Waals surface area contributed by atoms with Gasteiger partial charge in [0.1, 0.15) is 0 Å². The van der Waals surface area contributed by atoms with Crippen LogP contribution in [-0.2, 0) is 4.79 Å². The van der Waals surface area contributed by atoms with Gasteiger partial charge in [-0.15, -0.1) is 0 Å². The normalized spacial score (nSPS) is 25.8. The molecule has 1 fully saturated rings. The van der Waals surface area contributed by atoms with Crippen LogP contribution >= 0.6 is 0 Å². The SMILES string of the molecule is [2H]C([2H])(N)C1(CC(=O)O)CCCCC1. The van der Waals surface area contributed by atoms with Crippen molar-refractivity contribution in [1.82, 2.24) is 0 Å². The van der Waals surface area contributed by atoms with E-state index in [9.17, 15) is 4.79 Å². The average molecular weight is 173 g/mol. The molecule has 12 heavy (non-hydrogen) atoms. The molecule has 1 aliphatic carbocycles. The van der Waals surface area contributed by atoms with Crippen molar-refractivity contribution in [3.05, 3.63) is 0 Å². The number of nitrogens with two attached hydrogens (primary N) is 1. The first-order valence-corrected chi connectivity index (χ1v) is 4.38. The van der Waals surface area contributed by atoms with Crippen molar-refractivity contribution >= 4 is 5.97 Å². The molecule has 0 radical (unpaired) electrons. The largest absolute Gasteiger partial charge is 0.481 e. The fourth-order valence-corrected chi connectivity index (χ4v) is 1.89. The lowest BCUT2D eigenvalue weighted by Gasteiger charge is -2.34. The van der Waals surface area contributed by atoms with Gasteiger partial charge in [0.05, 0.1) is 6.42 Å². The molecule has 0 amide bonds. The number of carbonyl (C=O) groups is 1. The molecule has 0 saturated heterocycles. The third-order valence-electron chi connectivity index (χ3n) is 2.61. The summed E-state index contributed by atoms with van der Waals surface area (Å²) >= 11 is 0. The van der Waals surface area contributed by atoms with Crippen LogP contribution in [0.5, 0.6) is 0 Å². The fraction of sp³-hybridized carbons (Fsp3) is 0.889. The van der Waals surface area contributed by atoms with Crippen molar-refractivity contribution in [3.8, 4) is 0 Å². The van der Waals surface area contributed by atoms with Gasteiger partial charge in [0.2, 0.25) is 0 Å². The second-order valence-corrected chi connectivity index (χ2v) is 3.56. The van der Waals surface area contributed by atoms with Gasteiger partial charge in [0.15, 0.2) is 0 Å². The molecule has 0 unspecified atom stereocenters. The number of aliphatic carboxylic acids is 1.